The second-order valence-electron chi connectivity index (χ2n) is 3.90. The average molecular weight is 310 g/mol. The van der Waals surface area contributed by atoms with Crippen LogP contribution in [0.5, 0.6) is 5.75 Å². The molecule has 21 heavy (non-hydrogen) atoms. The number of benzene rings is 1. The van der Waals surface area contributed by atoms with E-state index in [0.29, 0.717) is 17.2 Å². The maximum absolute atomic E-state index is 10.3. The first kappa shape index (κ1) is 15.2. The van der Waals surface area contributed by atoms with Gasteiger partial charge in [0.15, 0.2) is 5.71 Å². The predicted octanol–water partition coefficient (Wildman–Crippen LogP) is 1.58. The minimum Gasteiger partial charge on any atom is -0.481 e. The topological polar surface area (TPSA) is 89.7 Å². The zero-order valence-electron chi connectivity index (χ0n) is 11.3. The van der Waals surface area contributed by atoms with Crippen molar-refractivity contribution in [3.63, 3.8) is 0 Å². The van der Waals surface area contributed by atoms with Crippen molar-refractivity contribution >= 4 is 29.3 Å². The molecule has 1 aliphatic heterocycles. The molecule has 0 saturated carbocycles. The molecule has 0 spiro atoms. The van der Waals surface area contributed by atoms with Crippen molar-refractivity contribution in [3.8, 4) is 5.75 Å². The molecule has 0 radical (unpaired) electrons. The van der Waals surface area contributed by atoms with Gasteiger partial charge in [-0.15, -0.1) is 11.8 Å². The fourth-order valence-corrected chi connectivity index (χ4v) is 2.13. The number of thioether (sulfide) groups is 1. The van der Waals surface area contributed by atoms with Crippen molar-refractivity contribution in [2.45, 2.75) is 0 Å². The van der Waals surface area contributed by atoms with Crippen LogP contribution >= 0.6 is 11.8 Å². The molecule has 0 unspecified atom stereocenters. The van der Waals surface area contributed by atoms with Crippen LogP contribution in [0.1, 0.15) is 5.56 Å². The molecule has 2 rings (SSSR count). The number of ether oxygens (including phenoxy) is 1. The van der Waals surface area contributed by atoms with Gasteiger partial charge >= 0.3 is 5.97 Å². The van der Waals surface area contributed by atoms with E-state index in [0.717, 1.165) is 5.56 Å². The summed E-state index contributed by atoms with van der Waals surface area (Å²) in [6.07, 6.45) is 0. The first-order valence-electron chi connectivity index (χ1n) is 6.10. The molecule has 0 aromatic heterocycles. The third-order valence-corrected chi connectivity index (χ3v) is 3.33. The number of hydrogen-bond acceptors (Lipinski definition) is 7. The van der Waals surface area contributed by atoms with Crippen LogP contribution in [-0.4, -0.2) is 47.9 Å². The van der Waals surface area contributed by atoms with Gasteiger partial charge in [-0.3, -0.25) is 4.79 Å². The van der Waals surface area contributed by atoms with Gasteiger partial charge in [-0.2, -0.15) is 0 Å². The summed E-state index contributed by atoms with van der Waals surface area (Å²) in [5, 5.41) is 16.3. The van der Waals surface area contributed by atoms with Crippen molar-refractivity contribution in [1.29, 1.82) is 0 Å². The lowest BCUT2D eigenvalue weighted by Gasteiger charge is -2.00. The highest BCUT2D eigenvalue weighted by Crippen LogP contribution is 2.26. The number of carbonyl (C=O) groups is 1. The maximum Gasteiger partial charge on any atom is 0.313 e. The van der Waals surface area contributed by atoms with E-state index in [1.54, 1.807) is 6.07 Å². The SMILES string of the molecule is CON=C1/C(=N/OCCSCC(=O)O)Oc2ccccc21. The molecule has 7 nitrogen and oxygen atoms in total. The van der Waals surface area contributed by atoms with Gasteiger partial charge < -0.3 is 19.5 Å². The van der Waals surface area contributed by atoms with E-state index in [4.69, 9.17) is 19.5 Å². The molecule has 1 aliphatic rings. The highest BCUT2D eigenvalue weighted by molar-refractivity contribution is 7.99. The first-order chi connectivity index (χ1) is 10.2. The van der Waals surface area contributed by atoms with E-state index in [1.165, 1.54) is 18.9 Å². The summed E-state index contributed by atoms with van der Waals surface area (Å²) in [7, 11) is 1.44. The van der Waals surface area contributed by atoms with Crippen LogP contribution in [0.4, 0.5) is 0 Å². The number of fused-ring (bicyclic) bond motifs is 1. The Labute approximate surface area is 125 Å². The quantitative estimate of drug-likeness (QED) is 0.607. The summed E-state index contributed by atoms with van der Waals surface area (Å²) < 4.78 is 5.53. The summed E-state index contributed by atoms with van der Waals surface area (Å²) in [5.41, 5.74) is 1.24. The summed E-state index contributed by atoms with van der Waals surface area (Å²) in [4.78, 5) is 20.2. The van der Waals surface area contributed by atoms with Crippen LogP contribution in [0.3, 0.4) is 0 Å². The number of rotatable bonds is 7. The molecular formula is C13H14N2O5S. The Morgan fingerprint density at radius 1 is 1.38 bits per heavy atom. The van der Waals surface area contributed by atoms with Gasteiger partial charge in [-0.05, 0) is 17.3 Å². The number of oxime groups is 2. The van der Waals surface area contributed by atoms with Crippen LogP contribution < -0.4 is 4.74 Å². The monoisotopic (exact) mass is 310 g/mol. The van der Waals surface area contributed by atoms with Crippen LogP contribution in [0.2, 0.25) is 0 Å². The molecule has 0 bridgehead atoms. The van der Waals surface area contributed by atoms with Gasteiger partial charge in [0.1, 0.15) is 19.5 Å². The lowest BCUT2D eigenvalue weighted by molar-refractivity contribution is -0.133. The minimum atomic E-state index is -0.851. The van der Waals surface area contributed by atoms with E-state index in [1.807, 2.05) is 18.2 Å². The van der Waals surface area contributed by atoms with Gasteiger partial charge in [0.2, 0.25) is 0 Å². The highest BCUT2D eigenvalue weighted by atomic mass is 32.2. The second kappa shape index (κ2) is 7.53. The predicted molar refractivity (Wildman–Crippen MR) is 79.0 cm³/mol. The maximum atomic E-state index is 10.3. The Kier molecular flexibility index (Phi) is 5.44. The van der Waals surface area contributed by atoms with E-state index >= 15 is 0 Å². The molecular weight excluding hydrogens is 296 g/mol. The molecule has 1 N–H and O–H groups in total. The first-order valence-corrected chi connectivity index (χ1v) is 7.26. The number of hydrogen-bond donors (Lipinski definition) is 1. The molecule has 8 heteroatoms. The molecule has 0 amide bonds. The Bertz CT molecular complexity index is 573. The second-order valence-corrected chi connectivity index (χ2v) is 5.00. The van der Waals surface area contributed by atoms with Gasteiger partial charge in [-0.25, -0.2) is 0 Å². The van der Waals surface area contributed by atoms with Crippen molar-refractivity contribution in [2.75, 3.05) is 25.2 Å². The van der Waals surface area contributed by atoms with E-state index in [9.17, 15) is 4.79 Å². The van der Waals surface area contributed by atoms with E-state index in [-0.39, 0.29) is 18.3 Å². The summed E-state index contributed by atoms with van der Waals surface area (Å²) in [6.45, 7) is 0.279. The third-order valence-electron chi connectivity index (χ3n) is 2.43. The standard InChI is InChI=1S/C13H14N2O5S/c1-18-14-12-9-4-2-3-5-10(9)20-13(12)15-19-6-7-21-8-11(16)17/h2-5H,6-8H2,1H3,(H,16,17)/b14-12?,15-13-. The Morgan fingerprint density at radius 3 is 2.95 bits per heavy atom. The fourth-order valence-electron chi connectivity index (χ4n) is 1.62. The van der Waals surface area contributed by atoms with Crippen molar-refractivity contribution in [2.24, 2.45) is 10.3 Å². The van der Waals surface area contributed by atoms with Crippen molar-refractivity contribution < 1.29 is 24.3 Å². The van der Waals surface area contributed by atoms with Crippen molar-refractivity contribution in [1.82, 2.24) is 0 Å². The summed E-state index contributed by atoms with van der Waals surface area (Å²) in [5.74, 6) is 0.568. The van der Waals surface area contributed by atoms with Gasteiger partial charge in [0, 0.05) is 5.75 Å². The number of carboxylic acids is 1. The van der Waals surface area contributed by atoms with Crippen LogP contribution in [0.25, 0.3) is 0 Å². The summed E-state index contributed by atoms with van der Waals surface area (Å²) in [6, 6.07) is 7.35. The zero-order valence-corrected chi connectivity index (χ0v) is 12.1. The Morgan fingerprint density at radius 2 is 2.19 bits per heavy atom. The fraction of sp³-hybridized carbons (Fsp3) is 0.308. The highest BCUT2D eigenvalue weighted by Gasteiger charge is 2.28. The largest absolute Gasteiger partial charge is 0.481 e. The van der Waals surface area contributed by atoms with E-state index in [2.05, 4.69) is 10.3 Å². The van der Waals surface area contributed by atoms with Crippen LogP contribution in [-0.2, 0) is 14.5 Å². The Hall–Kier alpha value is -2.22. The molecule has 0 atom stereocenters. The average Bonchev–Trinajstić information content (AvgIpc) is 2.81. The lowest BCUT2D eigenvalue weighted by atomic mass is 10.1. The Balaban J connectivity index is 1.93. The lowest BCUT2D eigenvalue weighted by Crippen LogP contribution is -2.15. The molecule has 1 aromatic rings. The number of para-hydroxylation sites is 1. The zero-order chi connectivity index (χ0) is 15.1. The summed E-state index contributed by atoms with van der Waals surface area (Å²) >= 11 is 1.25. The number of nitrogens with zero attached hydrogens (tertiary/aromatic N) is 2. The molecule has 0 saturated heterocycles. The van der Waals surface area contributed by atoms with Crippen LogP contribution in [0.15, 0.2) is 34.6 Å². The third kappa shape index (κ3) is 4.12. The molecule has 0 fully saturated rings. The molecule has 0 aliphatic carbocycles. The van der Waals surface area contributed by atoms with Crippen molar-refractivity contribution in [3.05, 3.63) is 29.8 Å². The van der Waals surface area contributed by atoms with Gasteiger partial charge in [-0.1, -0.05) is 17.3 Å². The van der Waals surface area contributed by atoms with E-state index < -0.39 is 5.97 Å². The normalized spacial score (nSPS) is 16.6. The molecule has 1 aromatic carbocycles. The van der Waals surface area contributed by atoms with Crippen LogP contribution in [0, 0.1) is 0 Å². The molecule has 1 heterocycles. The van der Waals surface area contributed by atoms with Gasteiger partial charge in [0.25, 0.3) is 5.90 Å². The molecule has 112 valence electrons. The number of aliphatic carboxylic acids is 1. The number of carboxylic acid groups (broad SMARTS) is 1. The minimum absolute atomic E-state index is 0.0399. The van der Waals surface area contributed by atoms with Gasteiger partial charge in [0.05, 0.1) is 11.3 Å². The smallest absolute Gasteiger partial charge is 0.313 e.